The number of nitrogens with one attached hydrogen (secondary N) is 1. The van der Waals surface area contributed by atoms with E-state index in [1.54, 1.807) is 6.08 Å². The molecule has 1 aromatic rings. The largest absolute Gasteiger partial charge is 0.475 e. The standard InChI is InChI=1S/C9H10BrNO5S/c1-2-3-4-11-17(14,15)7-5-6(9(12)13)16-8(7)10/h2,5,11H,1,3-4H2,(H,12,13). The number of carbonyl (C=O) groups is 1. The number of hydrogen-bond donors (Lipinski definition) is 2. The Bertz CT molecular complexity index is 534. The fraction of sp³-hybridized carbons (Fsp3) is 0.222. The molecule has 17 heavy (non-hydrogen) atoms. The fourth-order valence-electron chi connectivity index (χ4n) is 1.01. The second-order valence-electron chi connectivity index (χ2n) is 3.03. The van der Waals surface area contributed by atoms with E-state index in [1.807, 2.05) is 0 Å². The molecule has 0 amide bonds. The summed E-state index contributed by atoms with van der Waals surface area (Å²) in [7, 11) is -3.78. The van der Waals surface area contributed by atoms with Crippen molar-refractivity contribution in [1.29, 1.82) is 0 Å². The molecule has 6 nitrogen and oxygen atoms in total. The first-order valence-electron chi connectivity index (χ1n) is 4.51. The smallest absolute Gasteiger partial charge is 0.371 e. The first-order valence-corrected chi connectivity index (χ1v) is 6.79. The summed E-state index contributed by atoms with van der Waals surface area (Å²) in [6.45, 7) is 3.64. The minimum absolute atomic E-state index is 0.138. The van der Waals surface area contributed by atoms with Crippen molar-refractivity contribution in [3.05, 3.63) is 29.2 Å². The number of halogens is 1. The van der Waals surface area contributed by atoms with E-state index in [0.29, 0.717) is 6.42 Å². The molecule has 1 aromatic heterocycles. The Morgan fingerprint density at radius 2 is 2.29 bits per heavy atom. The van der Waals surface area contributed by atoms with E-state index in [1.165, 1.54) is 0 Å². The lowest BCUT2D eigenvalue weighted by molar-refractivity contribution is 0.0661. The van der Waals surface area contributed by atoms with E-state index in [2.05, 4.69) is 27.2 Å². The maximum Gasteiger partial charge on any atom is 0.371 e. The molecular weight excluding hydrogens is 314 g/mol. The zero-order valence-corrected chi connectivity index (χ0v) is 11.0. The molecule has 0 atom stereocenters. The molecule has 0 fully saturated rings. The molecule has 1 heterocycles. The van der Waals surface area contributed by atoms with Gasteiger partial charge < -0.3 is 9.52 Å². The van der Waals surface area contributed by atoms with Crippen LogP contribution in [0.15, 0.2) is 32.7 Å². The average molecular weight is 324 g/mol. The molecule has 0 aromatic carbocycles. The summed E-state index contributed by atoms with van der Waals surface area (Å²) in [6, 6.07) is 0.947. The SMILES string of the molecule is C=CCCNS(=O)(=O)c1cc(C(=O)O)oc1Br. The second kappa shape index (κ2) is 5.48. The van der Waals surface area contributed by atoms with Gasteiger partial charge in [0.1, 0.15) is 4.90 Å². The lowest BCUT2D eigenvalue weighted by atomic mass is 10.4. The van der Waals surface area contributed by atoms with Gasteiger partial charge in [0.15, 0.2) is 4.67 Å². The summed E-state index contributed by atoms with van der Waals surface area (Å²) in [6.07, 6.45) is 2.04. The quantitative estimate of drug-likeness (QED) is 0.612. The maximum atomic E-state index is 11.7. The zero-order valence-electron chi connectivity index (χ0n) is 8.64. The van der Waals surface area contributed by atoms with Gasteiger partial charge in [0, 0.05) is 12.6 Å². The molecule has 8 heteroatoms. The Labute approximate surface area is 106 Å². The van der Waals surface area contributed by atoms with Gasteiger partial charge in [0.2, 0.25) is 15.8 Å². The average Bonchev–Trinajstić information content (AvgIpc) is 2.61. The van der Waals surface area contributed by atoms with Crippen molar-refractivity contribution in [3.63, 3.8) is 0 Å². The molecular formula is C9H10BrNO5S. The number of furan rings is 1. The van der Waals surface area contributed by atoms with Crippen molar-refractivity contribution in [2.24, 2.45) is 0 Å². The number of rotatable bonds is 6. The predicted molar refractivity (Wildman–Crippen MR) is 63.4 cm³/mol. The Kier molecular flexibility index (Phi) is 4.49. The zero-order chi connectivity index (χ0) is 13.1. The molecule has 0 saturated carbocycles. The van der Waals surface area contributed by atoms with Crippen LogP contribution in [0.25, 0.3) is 0 Å². The van der Waals surface area contributed by atoms with Crippen LogP contribution >= 0.6 is 15.9 Å². The molecule has 0 saturated heterocycles. The lowest BCUT2D eigenvalue weighted by Crippen LogP contribution is -2.24. The topological polar surface area (TPSA) is 96.6 Å². The van der Waals surface area contributed by atoms with Gasteiger partial charge in [0.25, 0.3) is 0 Å². The summed E-state index contributed by atoms with van der Waals surface area (Å²) in [5.41, 5.74) is 0. The van der Waals surface area contributed by atoms with Crippen LogP contribution in [-0.4, -0.2) is 26.0 Å². The van der Waals surface area contributed by atoms with E-state index in [4.69, 9.17) is 9.52 Å². The van der Waals surface area contributed by atoms with Crippen LogP contribution in [0.4, 0.5) is 0 Å². The van der Waals surface area contributed by atoms with Crippen molar-refractivity contribution in [2.75, 3.05) is 6.54 Å². The van der Waals surface area contributed by atoms with Crippen LogP contribution in [0.1, 0.15) is 17.0 Å². The van der Waals surface area contributed by atoms with E-state index >= 15 is 0 Å². The molecule has 1 rings (SSSR count). The number of carboxylic acid groups (broad SMARTS) is 1. The summed E-state index contributed by atoms with van der Waals surface area (Å²) in [5.74, 6) is -1.78. The first-order chi connectivity index (χ1) is 7.88. The molecule has 0 unspecified atom stereocenters. The number of carboxylic acids is 1. The van der Waals surface area contributed by atoms with Crippen molar-refractivity contribution >= 4 is 31.9 Å². The van der Waals surface area contributed by atoms with Crippen LogP contribution in [-0.2, 0) is 10.0 Å². The van der Waals surface area contributed by atoms with Gasteiger partial charge in [0.05, 0.1) is 0 Å². The third kappa shape index (κ3) is 3.42. The molecule has 0 spiro atoms. The maximum absolute atomic E-state index is 11.7. The van der Waals surface area contributed by atoms with E-state index in [0.717, 1.165) is 6.07 Å². The van der Waals surface area contributed by atoms with Crippen LogP contribution in [0.5, 0.6) is 0 Å². The van der Waals surface area contributed by atoms with Crippen molar-refractivity contribution < 1.29 is 22.7 Å². The molecule has 94 valence electrons. The number of sulfonamides is 1. The van der Waals surface area contributed by atoms with E-state index in [-0.39, 0.29) is 16.1 Å². The third-order valence-electron chi connectivity index (χ3n) is 1.80. The fourth-order valence-corrected chi connectivity index (χ4v) is 3.00. The Morgan fingerprint density at radius 1 is 1.65 bits per heavy atom. The summed E-state index contributed by atoms with van der Waals surface area (Å²) < 4.78 is 30.4. The second-order valence-corrected chi connectivity index (χ2v) is 5.48. The minimum atomic E-state index is -3.78. The summed E-state index contributed by atoms with van der Waals surface area (Å²) in [4.78, 5) is 10.4. The third-order valence-corrected chi connectivity index (χ3v) is 4.11. The number of hydrogen-bond acceptors (Lipinski definition) is 4. The molecule has 2 N–H and O–H groups in total. The molecule has 0 radical (unpaired) electrons. The van der Waals surface area contributed by atoms with Gasteiger partial charge in [-0.3, -0.25) is 0 Å². The number of aromatic carboxylic acids is 1. The Morgan fingerprint density at radius 3 is 2.76 bits per heavy atom. The van der Waals surface area contributed by atoms with Crippen molar-refractivity contribution in [1.82, 2.24) is 4.72 Å². The summed E-state index contributed by atoms with van der Waals surface area (Å²) in [5, 5.41) is 8.66. The first kappa shape index (κ1) is 13.9. The molecule has 0 aliphatic heterocycles. The van der Waals surface area contributed by atoms with Gasteiger partial charge in [-0.15, -0.1) is 6.58 Å². The highest BCUT2D eigenvalue weighted by atomic mass is 79.9. The van der Waals surface area contributed by atoms with Gasteiger partial charge in [-0.25, -0.2) is 17.9 Å². The van der Waals surface area contributed by atoms with Crippen LogP contribution in [0.2, 0.25) is 0 Å². The van der Waals surface area contributed by atoms with Crippen LogP contribution in [0, 0.1) is 0 Å². The van der Waals surface area contributed by atoms with Crippen molar-refractivity contribution in [2.45, 2.75) is 11.3 Å². The highest BCUT2D eigenvalue weighted by Gasteiger charge is 2.24. The predicted octanol–water partition coefficient (Wildman–Crippen LogP) is 1.59. The van der Waals surface area contributed by atoms with Gasteiger partial charge in [-0.2, -0.15) is 0 Å². The molecule has 0 aliphatic carbocycles. The van der Waals surface area contributed by atoms with Gasteiger partial charge in [-0.1, -0.05) is 6.08 Å². The lowest BCUT2D eigenvalue weighted by Gasteiger charge is -2.02. The van der Waals surface area contributed by atoms with Crippen LogP contribution < -0.4 is 4.72 Å². The summed E-state index contributed by atoms with van der Waals surface area (Å²) >= 11 is 2.86. The Balaban J connectivity index is 2.98. The normalized spacial score (nSPS) is 11.4. The highest BCUT2D eigenvalue weighted by Crippen LogP contribution is 2.25. The van der Waals surface area contributed by atoms with E-state index in [9.17, 15) is 13.2 Å². The van der Waals surface area contributed by atoms with Crippen LogP contribution in [0.3, 0.4) is 0 Å². The van der Waals surface area contributed by atoms with Crippen molar-refractivity contribution in [3.8, 4) is 0 Å². The minimum Gasteiger partial charge on any atom is -0.475 e. The van der Waals surface area contributed by atoms with E-state index < -0.39 is 21.8 Å². The van der Waals surface area contributed by atoms with Gasteiger partial charge >= 0.3 is 5.97 Å². The monoisotopic (exact) mass is 323 g/mol. The van der Waals surface area contributed by atoms with Gasteiger partial charge in [-0.05, 0) is 22.4 Å². The Hall–Kier alpha value is -1.12. The highest BCUT2D eigenvalue weighted by molar-refractivity contribution is 9.10. The molecule has 0 bridgehead atoms. The molecule has 0 aliphatic rings.